The van der Waals surface area contributed by atoms with Gasteiger partial charge in [-0.25, -0.2) is 0 Å². The highest BCUT2D eigenvalue weighted by Gasteiger charge is 2.17. The third-order valence-electron chi connectivity index (χ3n) is 3.05. The molecule has 0 saturated carbocycles. The lowest BCUT2D eigenvalue weighted by molar-refractivity contribution is -0.0498. The van der Waals surface area contributed by atoms with Gasteiger partial charge in [0.15, 0.2) is 0 Å². The molecule has 1 atom stereocenters. The molecule has 1 aromatic carbocycles. The number of hydrogen-bond acceptors (Lipinski definition) is 3. The second kappa shape index (κ2) is 6.33. The van der Waals surface area contributed by atoms with Crippen LogP contribution in [0.25, 0.3) is 0 Å². The van der Waals surface area contributed by atoms with Crippen molar-refractivity contribution in [3.8, 4) is 5.75 Å². The molecule has 0 aliphatic heterocycles. The van der Waals surface area contributed by atoms with Crippen LogP contribution in [0.15, 0.2) is 30.3 Å². The predicted molar refractivity (Wildman–Crippen MR) is 77.8 cm³/mol. The molecule has 0 aliphatic carbocycles. The van der Waals surface area contributed by atoms with Crippen LogP contribution in [0.5, 0.6) is 5.75 Å². The number of halogens is 2. The van der Waals surface area contributed by atoms with Gasteiger partial charge in [0.1, 0.15) is 5.75 Å². The van der Waals surface area contributed by atoms with Crippen LogP contribution >= 0.6 is 11.3 Å². The first-order valence-corrected chi connectivity index (χ1v) is 7.12. The molecule has 0 fully saturated rings. The van der Waals surface area contributed by atoms with Crippen LogP contribution in [0, 0.1) is 13.8 Å². The zero-order valence-electron chi connectivity index (χ0n) is 11.6. The Morgan fingerprint density at radius 1 is 1.20 bits per heavy atom. The maximum Gasteiger partial charge on any atom is 0.387 e. The normalized spacial score (nSPS) is 12.7. The molecule has 0 saturated heterocycles. The standard InChI is InChI=1S/C15H17F2NOS/c1-9-7-10(2)20-14(9)13(18-3)11-5-4-6-12(8-11)19-15(16)17/h4-8,13,15,18H,1-3H3. The molecule has 0 spiro atoms. The van der Waals surface area contributed by atoms with Crippen LogP contribution in [-0.2, 0) is 0 Å². The van der Waals surface area contributed by atoms with E-state index in [-0.39, 0.29) is 11.8 Å². The molecule has 1 unspecified atom stereocenters. The summed E-state index contributed by atoms with van der Waals surface area (Å²) in [6.45, 7) is 1.32. The van der Waals surface area contributed by atoms with Crippen molar-refractivity contribution in [1.82, 2.24) is 5.32 Å². The number of nitrogens with one attached hydrogen (secondary N) is 1. The van der Waals surface area contributed by atoms with E-state index in [4.69, 9.17) is 0 Å². The highest BCUT2D eigenvalue weighted by Crippen LogP contribution is 2.33. The molecule has 5 heteroatoms. The minimum Gasteiger partial charge on any atom is -0.435 e. The first kappa shape index (κ1) is 14.9. The van der Waals surface area contributed by atoms with E-state index >= 15 is 0 Å². The first-order chi connectivity index (χ1) is 9.51. The van der Waals surface area contributed by atoms with Gasteiger partial charge in [-0.2, -0.15) is 8.78 Å². The summed E-state index contributed by atoms with van der Waals surface area (Å²) in [5.74, 6) is 0.184. The molecule has 0 aliphatic rings. The Morgan fingerprint density at radius 2 is 1.95 bits per heavy atom. The van der Waals surface area contributed by atoms with Crippen molar-refractivity contribution in [2.75, 3.05) is 7.05 Å². The number of hydrogen-bond donors (Lipinski definition) is 1. The van der Waals surface area contributed by atoms with Crippen molar-refractivity contribution < 1.29 is 13.5 Å². The van der Waals surface area contributed by atoms with Crippen molar-refractivity contribution in [1.29, 1.82) is 0 Å². The van der Waals surface area contributed by atoms with E-state index in [1.54, 1.807) is 23.5 Å². The Labute approximate surface area is 121 Å². The van der Waals surface area contributed by atoms with Gasteiger partial charge in [-0.15, -0.1) is 11.3 Å². The number of thiophene rings is 1. The van der Waals surface area contributed by atoms with Crippen molar-refractivity contribution >= 4 is 11.3 Å². The van der Waals surface area contributed by atoms with Crippen LogP contribution in [0.2, 0.25) is 0 Å². The van der Waals surface area contributed by atoms with Crippen molar-refractivity contribution in [3.63, 3.8) is 0 Å². The second-order valence-electron chi connectivity index (χ2n) is 4.58. The lowest BCUT2D eigenvalue weighted by atomic mass is 10.0. The van der Waals surface area contributed by atoms with Gasteiger partial charge in [-0.3, -0.25) is 0 Å². The lowest BCUT2D eigenvalue weighted by Gasteiger charge is -2.17. The number of benzene rings is 1. The predicted octanol–water partition coefficient (Wildman–Crippen LogP) is 4.28. The molecule has 1 aromatic heterocycles. The minimum absolute atomic E-state index is 0.0186. The first-order valence-electron chi connectivity index (χ1n) is 6.30. The molecule has 1 heterocycles. The third kappa shape index (κ3) is 3.35. The molecule has 108 valence electrons. The van der Waals surface area contributed by atoms with Crippen LogP contribution in [0.4, 0.5) is 8.78 Å². The van der Waals surface area contributed by atoms with Gasteiger partial charge in [-0.05, 0) is 50.2 Å². The average Bonchev–Trinajstić information content (AvgIpc) is 2.69. The van der Waals surface area contributed by atoms with E-state index in [1.165, 1.54) is 21.4 Å². The molecule has 2 aromatic rings. The Hall–Kier alpha value is -1.46. The smallest absolute Gasteiger partial charge is 0.387 e. The van der Waals surface area contributed by atoms with E-state index in [0.717, 1.165) is 5.56 Å². The molecular weight excluding hydrogens is 280 g/mol. The van der Waals surface area contributed by atoms with E-state index < -0.39 is 6.61 Å². The number of rotatable bonds is 5. The van der Waals surface area contributed by atoms with E-state index in [9.17, 15) is 8.78 Å². The Morgan fingerprint density at radius 3 is 2.50 bits per heavy atom. The second-order valence-corrected chi connectivity index (χ2v) is 5.86. The summed E-state index contributed by atoms with van der Waals surface area (Å²) in [7, 11) is 1.86. The largest absolute Gasteiger partial charge is 0.435 e. The zero-order chi connectivity index (χ0) is 14.7. The summed E-state index contributed by atoms with van der Waals surface area (Å²) in [6.07, 6.45) is 0. The monoisotopic (exact) mass is 297 g/mol. The number of alkyl halides is 2. The summed E-state index contributed by atoms with van der Waals surface area (Å²) >= 11 is 1.71. The Kier molecular flexibility index (Phi) is 4.73. The van der Waals surface area contributed by atoms with Gasteiger partial charge in [-0.1, -0.05) is 12.1 Å². The highest BCUT2D eigenvalue weighted by atomic mass is 32.1. The minimum atomic E-state index is -2.80. The summed E-state index contributed by atoms with van der Waals surface area (Å²) in [4.78, 5) is 2.43. The van der Waals surface area contributed by atoms with E-state index in [0.29, 0.717) is 0 Å². The van der Waals surface area contributed by atoms with Crippen LogP contribution in [0.1, 0.15) is 26.9 Å². The summed E-state index contributed by atoms with van der Waals surface area (Å²) in [5.41, 5.74) is 2.11. The summed E-state index contributed by atoms with van der Waals surface area (Å²) in [5, 5.41) is 3.24. The maximum absolute atomic E-state index is 12.3. The number of ether oxygens (including phenoxy) is 1. The fourth-order valence-corrected chi connectivity index (χ4v) is 3.44. The van der Waals surface area contributed by atoms with E-state index in [2.05, 4.69) is 30.0 Å². The van der Waals surface area contributed by atoms with Gasteiger partial charge in [0.25, 0.3) is 0 Å². The average molecular weight is 297 g/mol. The molecule has 20 heavy (non-hydrogen) atoms. The molecular formula is C15H17F2NOS. The van der Waals surface area contributed by atoms with Crippen LogP contribution in [-0.4, -0.2) is 13.7 Å². The molecule has 1 N–H and O–H groups in total. The van der Waals surface area contributed by atoms with Crippen molar-refractivity contribution in [2.24, 2.45) is 0 Å². The molecule has 0 bridgehead atoms. The van der Waals surface area contributed by atoms with E-state index in [1.807, 2.05) is 13.1 Å². The van der Waals surface area contributed by atoms with Crippen LogP contribution in [0.3, 0.4) is 0 Å². The molecule has 0 amide bonds. The van der Waals surface area contributed by atoms with Gasteiger partial charge >= 0.3 is 6.61 Å². The summed E-state index contributed by atoms with van der Waals surface area (Å²) in [6, 6.07) is 8.94. The van der Waals surface area contributed by atoms with Crippen molar-refractivity contribution in [2.45, 2.75) is 26.5 Å². The molecule has 2 nitrogen and oxygen atoms in total. The third-order valence-corrected chi connectivity index (χ3v) is 4.26. The quantitative estimate of drug-likeness (QED) is 0.889. The van der Waals surface area contributed by atoms with Gasteiger partial charge < -0.3 is 10.1 Å². The van der Waals surface area contributed by atoms with Crippen molar-refractivity contribution in [3.05, 3.63) is 51.2 Å². The van der Waals surface area contributed by atoms with Gasteiger partial charge in [0.05, 0.1) is 6.04 Å². The SMILES string of the molecule is CNC(c1cccc(OC(F)F)c1)c1sc(C)cc1C. The highest BCUT2D eigenvalue weighted by molar-refractivity contribution is 7.12. The Balaban J connectivity index is 2.34. The Bertz CT molecular complexity index is 583. The van der Waals surface area contributed by atoms with Crippen LogP contribution < -0.4 is 10.1 Å². The topological polar surface area (TPSA) is 21.3 Å². The zero-order valence-corrected chi connectivity index (χ0v) is 12.4. The summed E-state index contributed by atoms with van der Waals surface area (Å²) < 4.78 is 29.0. The molecule has 0 radical (unpaired) electrons. The van der Waals surface area contributed by atoms with Gasteiger partial charge in [0, 0.05) is 9.75 Å². The van der Waals surface area contributed by atoms with Gasteiger partial charge in [0.2, 0.25) is 0 Å². The fourth-order valence-electron chi connectivity index (χ4n) is 2.27. The fraction of sp³-hybridized carbons (Fsp3) is 0.333. The number of aryl methyl sites for hydroxylation is 2. The lowest BCUT2D eigenvalue weighted by Crippen LogP contribution is -2.17. The maximum atomic E-state index is 12.3. The molecule has 2 rings (SSSR count).